The van der Waals surface area contributed by atoms with Crippen LogP contribution in [0.4, 0.5) is 10.5 Å². The van der Waals surface area contributed by atoms with E-state index in [0.717, 1.165) is 11.3 Å². The zero-order valence-electron chi connectivity index (χ0n) is 16.9. The zero-order chi connectivity index (χ0) is 20.1. The number of anilines is 1. The largest absolute Gasteiger partial charge is 0.450 e. The van der Waals surface area contributed by atoms with Crippen molar-refractivity contribution in [1.29, 1.82) is 0 Å². The highest BCUT2D eigenvalue weighted by molar-refractivity contribution is 6.11. The molecule has 0 N–H and O–H groups in total. The fraction of sp³-hybridized carbons (Fsp3) is 0.591. The normalized spacial score (nSPS) is 25.3. The number of Topliss-reactive ketones (excluding diaryl/α,β-unsaturated/α-hetero) is 2. The Labute approximate surface area is 165 Å². The average Bonchev–Trinajstić information content (AvgIpc) is 2.65. The van der Waals surface area contributed by atoms with E-state index in [0.29, 0.717) is 45.5 Å². The summed E-state index contributed by atoms with van der Waals surface area (Å²) in [4.78, 5) is 43.2. The van der Waals surface area contributed by atoms with Gasteiger partial charge in [-0.15, -0.1) is 0 Å². The first-order valence-electron chi connectivity index (χ1n) is 10.1. The lowest BCUT2D eigenvalue weighted by Crippen LogP contribution is -2.69. The van der Waals surface area contributed by atoms with Gasteiger partial charge in [0.15, 0.2) is 0 Å². The van der Waals surface area contributed by atoms with E-state index in [1.807, 2.05) is 32.0 Å². The molecule has 0 aromatic heterocycles. The molecule has 0 radical (unpaired) electrons. The number of carbonyl (C=O) groups excluding carboxylic acids is 3. The first kappa shape index (κ1) is 19.0. The number of rotatable bonds is 1. The number of amides is 1. The molecule has 150 valence electrons. The number of piperazine rings is 1. The van der Waals surface area contributed by atoms with Gasteiger partial charge in [-0.25, -0.2) is 4.79 Å². The molecule has 2 fully saturated rings. The van der Waals surface area contributed by atoms with Crippen LogP contribution in [0.2, 0.25) is 0 Å². The number of fused-ring (bicyclic) bond motifs is 4. The van der Waals surface area contributed by atoms with E-state index in [1.165, 1.54) is 0 Å². The fourth-order valence-electron chi connectivity index (χ4n) is 5.20. The lowest BCUT2D eigenvalue weighted by Gasteiger charge is -2.56. The highest BCUT2D eigenvalue weighted by atomic mass is 16.6. The highest BCUT2D eigenvalue weighted by Crippen LogP contribution is 2.50. The molecule has 1 aromatic carbocycles. The second-order valence-corrected chi connectivity index (χ2v) is 9.00. The van der Waals surface area contributed by atoms with Gasteiger partial charge in [0.1, 0.15) is 17.0 Å². The number of benzene rings is 1. The number of nitrogens with zero attached hydrogens (tertiary/aromatic N) is 2. The van der Waals surface area contributed by atoms with Crippen molar-refractivity contribution in [3.8, 4) is 0 Å². The smallest absolute Gasteiger partial charge is 0.409 e. The van der Waals surface area contributed by atoms with Gasteiger partial charge in [0, 0.05) is 38.2 Å². The van der Waals surface area contributed by atoms with E-state index in [4.69, 9.17) is 4.74 Å². The minimum absolute atomic E-state index is 0.0176. The molecule has 2 aliphatic heterocycles. The first-order valence-corrected chi connectivity index (χ1v) is 10.1. The molecule has 1 aliphatic carbocycles. The molecule has 28 heavy (non-hydrogen) atoms. The zero-order valence-corrected chi connectivity index (χ0v) is 16.9. The topological polar surface area (TPSA) is 66.9 Å². The Kier molecular flexibility index (Phi) is 4.47. The maximum Gasteiger partial charge on any atom is 0.409 e. The summed E-state index contributed by atoms with van der Waals surface area (Å²) in [6.07, 6.45) is 0.844. The molecular formula is C22H28N2O4. The van der Waals surface area contributed by atoms with Crippen molar-refractivity contribution in [3.63, 3.8) is 0 Å². The molecule has 6 nitrogen and oxygen atoms in total. The summed E-state index contributed by atoms with van der Waals surface area (Å²) in [7, 11) is 0. The predicted octanol–water partition coefficient (Wildman–Crippen LogP) is 2.83. The SMILES string of the molecule is CCOC(=O)N1CCN2c3ccccc3CC3(C(=O)CC(C)(C)CC3=O)[C@@H]2C1. The molecule has 3 aliphatic rings. The quantitative estimate of drug-likeness (QED) is 0.697. The Bertz CT molecular complexity index is 812. The van der Waals surface area contributed by atoms with Crippen LogP contribution in [-0.4, -0.2) is 54.8 Å². The van der Waals surface area contributed by atoms with Crippen LogP contribution in [0.1, 0.15) is 39.2 Å². The van der Waals surface area contributed by atoms with Gasteiger partial charge in [0.05, 0.1) is 12.6 Å². The minimum atomic E-state index is -1.07. The van der Waals surface area contributed by atoms with E-state index >= 15 is 0 Å². The molecule has 1 saturated heterocycles. The first-order chi connectivity index (χ1) is 13.3. The maximum absolute atomic E-state index is 13.5. The summed E-state index contributed by atoms with van der Waals surface area (Å²) in [6, 6.07) is 7.68. The fourth-order valence-corrected chi connectivity index (χ4v) is 5.20. The molecule has 1 amide bonds. The van der Waals surface area contributed by atoms with E-state index in [2.05, 4.69) is 11.0 Å². The second-order valence-electron chi connectivity index (χ2n) is 9.00. The van der Waals surface area contributed by atoms with Crippen LogP contribution in [0.5, 0.6) is 0 Å². The van der Waals surface area contributed by atoms with Gasteiger partial charge < -0.3 is 14.5 Å². The third-order valence-corrected chi connectivity index (χ3v) is 6.52. The molecule has 1 aromatic rings. The van der Waals surface area contributed by atoms with Crippen molar-refractivity contribution in [1.82, 2.24) is 4.90 Å². The Morgan fingerprint density at radius 3 is 2.46 bits per heavy atom. The third kappa shape index (κ3) is 2.81. The molecule has 6 heteroatoms. The van der Waals surface area contributed by atoms with Crippen molar-refractivity contribution in [2.24, 2.45) is 10.8 Å². The molecule has 0 unspecified atom stereocenters. The van der Waals surface area contributed by atoms with Crippen molar-refractivity contribution >= 4 is 23.3 Å². The monoisotopic (exact) mass is 384 g/mol. The number of carbonyl (C=O) groups is 3. The number of hydrogen-bond donors (Lipinski definition) is 0. The lowest BCUT2D eigenvalue weighted by molar-refractivity contribution is -0.151. The van der Waals surface area contributed by atoms with Gasteiger partial charge in [-0.05, 0) is 30.4 Å². The molecule has 1 spiro atoms. The number of ketones is 2. The van der Waals surface area contributed by atoms with Crippen molar-refractivity contribution in [3.05, 3.63) is 29.8 Å². The van der Waals surface area contributed by atoms with E-state index in [9.17, 15) is 14.4 Å². The van der Waals surface area contributed by atoms with Crippen LogP contribution in [-0.2, 0) is 20.7 Å². The summed E-state index contributed by atoms with van der Waals surface area (Å²) < 4.78 is 5.19. The average molecular weight is 384 g/mol. The minimum Gasteiger partial charge on any atom is -0.450 e. The van der Waals surface area contributed by atoms with Crippen molar-refractivity contribution < 1.29 is 19.1 Å². The van der Waals surface area contributed by atoms with E-state index < -0.39 is 5.41 Å². The maximum atomic E-state index is 13.5. The van der Waals surface area contributed by atoms with Gasteiger partial charge in [-0.1, -0.05) is 32.0 Å². The standard InChI is InChI=1S/C22H28N2O4/c1-4-28-20(27)23-9-10-24-16-8-6-5-7-15(16)11-22(17(24)14-23)18(25)12-21(2,3)13-19(22)26/h5-8,17H,4,9-14H2,1-3H3/t17-/m0/s1. The summed E-state index contributed by atoms with van der Waals surface area (Å²) in [5.41, 5.74) is 0.739. The molecule has 2 heterocycles. The van der Waals surface area contributed by atoms with Crippen molar-refractivity contribution in [2.45, 2.75) is 46.1 Å². The van der Waals surface area contributed by atoms with Gasteiger partial charge >= 0.3 is 6.09 Å². The molecule has 0 bridgehead atoms. The van der Waals surface area contributed by atoms with Gasteiger partial charge in [0.25, 0.3) is 0 Å². The number of para-hydroxylation sites is 1. The molecule has 1 atom stereocenters. The van der Waals surface area contributed by atoms with Crippen molar-refractivity contribution in [2.75, 3.05) is 31.1 Å². The van der Waals surface area contributed by atoms with Crippen LogP contribution >= 0.6 is 0 Å². The number of ether oxygens (including phenoxy) is 1. The summed E-state index contributed by atoms with van der Waals surface area (Å²) in [6.45, 7) is 7.50. The molecular weight excluding hydrogens is 356 g/mol. The summed E-state index contributed by atoms with van der Waals surface area (Å²) >= 11 is 0. The number of hydrogen-bond acceptors (Lipinski definition) is 5. The highest BCUT2D eigenvalue weighted by Gasteiger charge is 2.60. The van der Waals surface area contributed by atoms with E-state index in [1.54, 1.807) is 11.8 Å². The van der Waals surface area contributed by atoms with Gasteiger partial charge in [0.2, 0.25) is 0 Å². The summed E-state index contributed by atoms with van der Waals surface area (Å²) in [5, 5.41) is 0. The van der Waals surface area contributed by atoms with Gasteiger partial charge in [-0.3, -0.25) is 9.59 Å². The molecule has 1 saturated carbocycles. The van der Waals surface area contributed by atoms with Gasteiger partial charge in [-0.2, -0.15) is 0 Å². The Morgan fingerprint density at radius 2 is 1.79 bits per heavy atom. The lowest BCUT2D eigenvalue weighted by atomic mass is 9.56. The Hall–Kier alpha value is -2.37. The van der Waals surface area contributed by atoms with Crippen LogP contribution in [0.15, 0.2) is 24.3 Å². The van der Waals surface area contributed by atoms with E-state index in [-0.39, 0.29) is 29.1 Å². The Morgan fingerprint density at radius 1 is 1.11 bits per heavy atom. The molecule has 4 rings (SSSR count). The second kappa shape index (κ2) is 6.61. The van der Waals surface area contributed by atoms with Crippen LogP contribution in [0, 0.1) is 10.8 Å². The third-order valence-electron chi connectivity index (χ3n) is 6.52. The summed E-state index contributed by atoms with van der Waals surface area (Å²) in [5.74, 6) is 0.0351. The predicted molar refractivity (Wildman–Crippen MR) is 105 cm³/mol. The Balaban J connectivity index is 1.78. The van der Waals surface area contributed by atoms with Crippen LogP contribution in [0.3, 0.4) is 0 Å². The van der Waals surface area contributed by atoms with Crippen LogP contribution < -0.4 is 4.90 Å². The van der Waals surface area contributed by atoms with Crippen LogP contribution in [0.25, 0.3) is 0 Å².